The first kappa shape index (κ1) is 13.3. The van der Waals surface area contributed by atoms with E-state index in [9.17, 15) is 4.79 Å². The standard InChI is InChI=1S/C14H20N4O2/c15-17-10-5-6-16-11(9-10)14(19)18-7-8-20-13-4-2-1-3-12(13)18/h5-6,9,12-13H,1-4,7-8,15H2,(H,16,17). The number of ether oxygens (including phenoxy) is 1. The fraction of sp³-hybridized carbons (Fsp3) is 0.571. The van der Waals surface area contributed by atoms with Gasteiger partial charge in [-0.15, -0.1) is 0 Å². The first-order valence-electron chi connectivity index (χ1n) is 7.15. The van der Waals surface area contributed by atoms with Crippen LogP contribution in [0.25, 0.3) is 0 Å². The summed E-state index contributed by atoms with van der Waals surface area (Å²) in [5.74, 6) is 5.36. The van der Waals surface area contributed by atoms with Crippen LogP contribution in [0.5, 0.6) is 0 Å². The Labute approximate surface area is 118 Å². The normalized spacial score (nSPS) is 25.9. The van der Waals surface area contributed by atoms with Crippen molar-refractivity contribution in [2.45, 2.75) is 37.8 Å². The largest absolute Gasteiger partial charge is 0.374 e. The SMILES string of the molecule is NNc1ccnc(C(=O)N2CCOC3CCCCC32)c1. The number of fused-ring (bicyclic) bond motifs is 1. The highest BCUT2D eigenvalue weighted by Crippen LogP contribution is 2.29. The lowest BCUT2D eigenvalue weighted by Crippen LogP contribution is -2.55. The molecule has 1 saturated carbocycles. The molecule has 0 radical (unpaired) electrons. The van der Waals surface area contributed by atoms with E-state index in [4.69, 9.17) is 10.6 Å². The van der Waals surface area contributed by atoms with E-state index in [2.05, 4.69) is 10.4 Å². The van der Waals surface area contributed by atoms with E-state index in [-0.39, 0.29) is 18.1 Å². The van der Waals surface area contributed by atoms with Gasteiger partial charge in [0.25, 0.3) is 5.91 Å². The van der Waals surface area contributed by atoms with E-state index >= 15 is 0 Å². The molecule has 3 N–H and O–H groups in total. The summed E-state index contributed by atoms with van der Waals surface area (Å²) < 4.78 is 5.80. The number of hydrazine groups is 1. The predicted octanol–water partition coefficient (Wildman–Crippen LogP) is 1.15. The average Bonchev–Trinajstić information content (AvgIpc) is 2.53. The molecule has 0 aromatic carbocycles. The Morgan fingerprint density at radius 2 is 2.30 bits per heavy atom. The van der Waals surface area contributed by atoms with Crippen LogP contribution >= 0.6 is 0 Å². The van der Waals surface area contributed by atoms with E-state index in [0.29, 0.717) is 24.5 Å². The topological polar surface area (TPSA) is 80.5 Å². The first-order valence-corrected chi connectivity index (χ1v) is 7.15. The number of hydrogen-bond donors (Lipinski definition) is 2. The van der Waals surface area contributed by atoms with Crippen LogP contribution in [0.15, 0.2) is 18.3 Å². The van der Waals surface area contributed by atoms with Crippen molar-refractivity contribution in [3.05, 3.63) is 24.0 Å². The van der Waals surface area contributed by atoms with Crippen LogP contribution in [0.3, 0.4) is 0 Å². The number of pyridine rings is 1. The molecule has 1 aliphatic heterocycles. The van der Waals surface area contributed by atoms with Crippen molar-refractivity contribution >= 4 is 11.6 Å². The summed E-state index contributed by atoms with van der Waals surface area (Å²) in [7, 11) is 0. The number of amides is 1. The zero-order valence-electron chi connectivity index (χ0n) is 11.4. The maximum Gasteiger partial charge on any atom is 0.272 e. The summed E-state index contributed by atoms with van der Waals surface area (Å²) in [6.07, 6.45) is 6.20. The molecule has 2 atom stereocenters. The third-order valence-corrected chi connectivity index (χ3v) is 4.14. The fourth-order valence-electron chi connectivity index (χ4n) is 3.13. The number of nitrogens with one attached hydrogen (secondary N) is 1. The molecule has 1 aromatic heterocycles. The number of carbonyl (C=O) groups excluding carboxylic acids is 1. The molecule has 6 nitrogen and oxygen atoms in total. The maximum atomic E-state index is 12.7. The third-order valence-electron chi connectivity index (χ3n) is 4.14. The number of carbonyl (C=O) groups is 1. The zero-order valence-corrected chi connectivity index (χ0v) is 11.4. The molecule has 108 valence electrons. The molecule has 1 aromatic rings. The number of rotatable bonds is 2. The number of hydrogen-bond acceptors (Lipinski definition) is 5. The van der Waals surface area contributed by atoms with Crippen LogP contribution in [0.1, 0.15) is 36.2 Å². The van der Waals surface area contributed by atoms with Crippen molar-refractivity contribution in [1.29, 1.82) is 0 Å². The number of nitrogen functional groups attached to an aromatic ring is 1. The van der Waals surface area contributed by atoms with Crippen molar-refractivity contribution in [2.75, 3.05) is 18.6 Å². The minimum Gasteiger partial charge on any atom is -0.374 e. The van der Waals surface area contributed by atoms with Crippen molar-refractivity contribution in [3.63, 3.8) is 0 Å². The quantitative estimate of drug-likeness (QED) is 0.625. The second-order valence-electron chi connectivity index (χ2n) is 5.33. The lowest BCUT2D eigenvalue weighted by Gasteiger charge is -2.43. The van der Waals surface area contributed by atoms with Gasteiger partial charge in [0, 0.05) is 12.7 Å². The Morgan fingerprint density at radius 1 is 1.45 bits per heavy atom. The van der Waals surface area contributed by atoms with Crippen molar-refractivity contribution < 1.29 is 9.53 Å². The minimum absolute atomic E-state index is 0.0256. The van der Waals surface area contributed by atoms with Crippen LogP contribution in [0.4, 0.5) is 5.69 Å². The molecule has 2 fully saturated rings. The molecule has 0 spiro atoms. The van der Waals surface area contributed by atoms with Gasteiger partial charge in [0.05, 0.1) is 24.4 Å². The number of aromatic nitrogens is 1. The molecule has 0 bridgehead atoms. The van der Waals surface area contributed by atoms with Gasteiger partial charge in [0.1, 0.15) is 5.69 Å². The highest BCUT2D eigenvalue weighted by atomic mass is 16.5. The van der Waals surface area contributed by atoms with E-state index in [1.54, 1.807) is 18.3 Å². The van der Waals surface area contributed by atoms with E-state index < -0.39 is 0 Å². The highest BCUT2D eigenvalue weighted by Gasteiger charge is 2.37. The molecule has 20 heavy (non-hydrogen) atoms. The van der Waals surface area contributed by atoms with Crippen LogP contribution in [-0.4, -0.2) is 41.1 Å². The Balaban J connectivity index is 1.81. The summed E-state index contributed by atoms with van der Waals surface area (Å²) in [5, 5.41) is 0. The number of morpholine rings is 1. The average molecular weight is 276 g/mol. The van der Waals surface area contributed by atoms with Gasteiger partial charge in [0.15, 0.2) is 0 Å². The summed E-state index contributed by atoms with van der Waals surface area (Å²) >= 11 is 0. The summed E-state index contributed by atoms with van der Waals surface area (Å²) in [4.78, 5) is 18.8. The molecule has 2 unspecified atom stereocenters. The molecular weight excluding hydrogens is 256 g/mol. The van der Waals surface area contributed by atoms with E-state index in [0.717, 1.165) is 19.3 Å². The predicted molar refractivity (Wildman–Crippen MR) is 75.1 cm³/mol. The molecule has 1 amide bonds. The molecular formula is C14H20N4O2. The lowest BCUT2D eigenvalue weighted by molar-refractivity contribution is -0.0754. The van der Waals surface area contributed by atoms with Gasteiger partial charge in [0.2, 0.25) is 0 Å². The van der Waals surface area contributed by atoms with Crippen LogP contribution in [0, 0.1) is 0 Å². The van der Waals surface area contributed by atoms with Crippen molar-refractivity contribution in [3.8, 4) is 0 Å². The summed E-state index contributed by atoms with van der Waals surface area (Å²) in [6.45, 7) is 1.25. The number of nitrogens with two attached hydrogens (primary N) is 1. The summed E-state index contributed by atoms with van der Waals surface area (Å²) in [6, 6.07) is 3.62. The zero-order chi connectivity index (χ0) is 13.9. The third kappa shape index (κ3) is 2.48. The van der Waals surface area contributed by atoms with Crippen LogP contribution < -0.4 is 11.3 Å². The lowest BCUT2D eigenvalue weighted by atomic mass is 9.90. The second-order valence-corrected chi connectivity index (χ2v) is 5.33. The maximum absolute atomic E-state index is 12.7. The van der Waals surface area contributed by atoms with E-state index in [1.165, 1.54) is 6.42 Å². The Kier molecular flexibility index (Phi) is 3.84. The fourth-order valence-corrected chi connectivity index (χ4v) is 3.13. The van der Waals surface area contributed by atoms with Gasteiger partial charge in [-0.05, 0) is 25.0 Å². The summed E-state index contributed by atoms with van der Waals surface area (Å²) in [5.41, 5.74) is 3.67. The minimum atomic E-state index is -0.0256. The Morgan fingerprint density at radius 3 is 3.15 bits per heavy atom. The van der Waals surface area contributed by atoms with E-state index in [1.807, 2.05) is 4.90 Å². The van der Waals surface area contributed by atoms with Crippen LogP contribution in [0.2, 0.25) is 0 Å². The molecule has 2 heterocycles. The van der Waals surface area contributed by atoms with Gasteiger partial charge >= 0.3 is 0 Å². The van der Waals surface area contributed by atoms with Crippen molar-refractivity contribution in [1.82, 2.24) is 9.88 Å². The first-order chi connectivity index (χ1) is 9.79. The molecule has 1 aliphatic carbocycles. The highest BCUT2D eigenvalue weighted by molar-refractivity contribution is 5.93. The second kappa shape index (κ2) is 5.76. The Hall–Kier alpha value is -1.66. The molecule has 3 rings (SSSR count). The van der Waals surface area contributed by atoms with Gasteiger partial charge in [-0.3, -0.25) is 15.6 Å². The monoisotopic (exact) mass is 276 g/mol. The van der Waals surface area contributed by atoms with Crippen molar-refractivity contribution in [2.24, 2.45) is 5.84 Å². The van der Waals surface area contributed by atoms with Gasteiger partial charge in [-0.1, -0.05) is 12.8 Å². The van der Waals surface area contributed by atoms with Gasteiger partial charge in [-0.25, -0.2) is 0 Å². The van der Waals surface area contributed by atoms with Gasteiger partial charge in [-0.2, -0.15) is 0 Å². The Bertz CT molecular complexity index is 492. The smallest absolute Gasteiger partial charge is 0.272 e. The molecule has 2 aliphatic rings. The van der Waals surface area contributed by atoms with Gasteiger partial charge < -0.3 is 15.1 Å². The number of nitrogens with zero attached hydrogens (tertiary/aromatic N) is 2. The van der Waals surface area contributed by atoms with Crippen LogP contribution in [-0.2, 0) is 4.74 Å². The number of anilines is 1. The molecule has 1 saturated heterocycles. The molecule has 6 heteroatoms.